The van der Waals surface area contributed by atoms with E-state index in [2.05, 4.69) is 5.32 Å². The highest BCUT2D eigenvalue weighted by Gasteiger charge is 2.10. The van der Waals surface area contributed by atoms with Gasteiger partial charge in [0.15, 0.2) is 11.6 Å². The first-order valence-electron chi connectivity index (χ1n) is 6.62. The molecule has 0 aliphatic carbocycles. The van der Waals surface area contributed by atoms with Crippen LogP contribution in [0.1, 0.15) is 18.1 Å². The van der Waals surface area contributed by atoms with E-state index in [0.717, 1.165) is 11.6 Å². The van der Waals surface area contributed by atoms with Gasteiger partial charge in [0.05, 0.1) is 12.3 Å². The summed E-state index contributed by atoms with van der Waals surface area (Å²) in [5.74, 6) is -2.41. The monoisotopic (exact) mass is 295 g/mol. The summed E-state index contributed by atoms with van der Waals surface area (Å²) in [6.45, 7) is 4.33. The molecule has 0 heterocycles. The SMILES string of the molecule is CCOc1cc(C)ccc1NCc1cc(F)c(F)cc1F. The summed E-state index contributed by atoms with van der Waals surface area (Å²) < 4.78 is 45.1. The van der Waals surface area contributed by atoms with Crippen molar-refractivity contribution in [2.75, 3.05) is 11.9 Å². The molecule has 2 nitrogen and oxygen atoms in total. The van der Waals surface area contributed by atoms with Crippen molar-refractivity contribution in [1.29, 1.82) is 0 Å². The summed E-state index contributed by atoms with van der Waals surface area (Å²) in [5, 5.41) is 2.97. The normalized spacial score (nSPS) is 10.5. The van der Waals surface area contributed by atoms with E-state index in [1.165, 1.54) is 0 Å². The predicted octanol–water partition coefficient (Wildman–Crippen LogP) is 4.42. The summed E-state index contributed by atoms with van der Waals surface area (Å²) in [5.41, 5.74) is 1.76. The van der Waals surface area contributed by atoms with E-state index in [9.17, 15) is 13.2 Å². The molecule has 112 valence electrons. The van der Waals surface area contributed by atoms with Crippen molar-refractivity contribution in [2.24, 2.45) is 0 Å². The standard InChI is InChI=1S/C16H16F3NO/c1-3-21-16-6-10(2)4-5-15(16)20-9-11-7-13(18)14(19)8-12(11)17/h4-8,20H,3,9H2,1-2H3. The van der Waals surface area contributed by atoms with Crippen LogP contribution in [0.5, 0.6) is 5.75 Å². The largest absolute Gasteiger partial charge is 0.492 e. The summed E-state index contributed by atoms with van der Waals surface area (Å²) >= 11 is 0. The Balaban J connectivity index is 2.18. The van der Waals surface area contributed by atoms with Gasteiger partial charge in [-0.05, 0) is 37.6 Å². The number of anilines is 1. The minimum absolute atomic E-state index is 0.0339. The van der Waals surface area contributed by atoms with Crippen molar-refractivity contribution < 1.29 is 17.9 Å². The molecule has 0 aliphatic heterocycles. The Bertz CT molecular complexity index is 644. The maximum absolute atomic E-state index is 13.6. The lowest BCUT2D eigenvalue weighted by molar-refractivity contribution is 0.341. The Kier molecular flexibility index (Phi) is 4.73. The van der Waals surface area contributed by atoms with Crippen molar-refractivity contribution in [1.82, 2.24) is 0 Å². The van der Waals surface area contributed by atoms with Crippen LogP contribution >= 0.6 is 0 Å². The molecule has 0 atom stereocenters. The van der Waals surface area contributed by atoms with Gasteiger partial charge in [-0.3, -0.25) is 0 Å². The van der Waals surface area contributed by atoms with E-state index in [1.807, 2.05) is 26.0 Å². The molecule has 5 heteroatoms. The Labute approximate surface area is 121 Å². The van der Waals surface area contributed by atoms with Crippen LogP contribution in [-0.4, -0.2) is 6.61 Å². The van der Waals surface area contributed by atoms with Crippen LogP contribution in [-0.2, 0) is 6.54 Å². The second kappa shape index (κ2) is 6.52. The molecule has 0 saturated carbocycles. The lowest BCUT2D eigenvalue weighted by atomic mass is 10.1. The second-order valence-electron chi connectivity index (χ2n) is 4.64. The van der Waals surface area contributed by atoms with Gasteiger partial charge in [0.25, 0.3) is 0 Å². The summed E-state index contributed by atoms with van der Waals surface area (Å²) in [6, 6.07) is 6.94. The summed E-state index contributed by atoms with van der Waals surface area (Å²) in [4.78, 5) is 0. The molecule has 0 unspecified atom stereocenters. The van der Waals surface area contributed by atoms with Gasteiger partial charge in [-0.15, -0.1) is 0 Å². The van der Waals surface area contributed by atoms with E-state index in [0.29, 0.717) is 24.1 Å². The molecular formula is C16H16F3NO. The quantitative estimate of drug-likeness (QED) is 0.824. The van der Waals surface area contributed by atoms with Gasteiger partial charge in [0.1, 0.15) is 11.6 Å². The number of rotatable bonds is 5. The van der Waals surface area contributed by atoms with Crippen LogP contribution < -0.4 is 10.1 Å². The molecule has 1 N–H and O–H groups in total. The number of hydrogen-bond donors (Lipinski definition) is 1. The maximum Gasteiger partial charge on any atom is 0.161 e. The van der Waals surface area contributed by atoms with Crippen molar-refractivity contribution in [3.05, 3.63) is 58.9 Å². The fraction of sp³-hybridized carbons (Fsp3) is 0.250. The molecule has 0 amide bonds. The molecule has 0 spiro atoms. The molecule has 0 radical (unpaired) electrons. The Hall–Kier alpha value is -2.17. The highest BCUT2D eigenvalue weighted by atomic mass is 19.2. The van der Waals surface area contributed by atoms with Crippen molar-refractivity contribution in [3.8, 4) is 5.75 Å². The number of benzene rings is 2. The van der Waals surface area contributed by atoms with Crippen LogP contribution in [0.4, 0.5) is 18.9 Å². The fourth-order valence-corrected chi connectivity index (χ4v) is 1.94. The number of ether oxygens (including phenoxy) is 1. The predicted molar refractivity (Wildman–Crippen MR) is 76.0 cm³/mol. The zero-order valence-corrected chi connectivity index (χ0v) is 11.8. The van der Waals surface area contributed by atoms with Crippen LogP contribution in [0.25, 0.3) is 0 Å². The molecule has 2 aromatic carbocycles. The number of halogens is 3. The fourth-order valence-electron chi connectivity index (χ4n) is 1.94. The second-order valence-corrected chi connectivity index (χ2v) is 4.64. The van der Waals surface area contributed by atoms with E-state index < -0.39 is 17.5 Å². The molecule has 0 fully saturated rings. The van der Waals surface area contributed by atoms with Crippen molar-refractivity contribution in [3.63, 3.8) is 0 Å². The first-order valence-corrected chi connectivity index (χ1v) is 6.62. The molecule has 0 aromatic heterocycles. The first kappa shape index (κ1) is 15.2. The van der Waals surface area contributed by atoms with E-state index >= 15 is 0 Å². The summed E-state index contributed by atoms with van der Waals surface area (Å²) in [6.07, 6.45) is 0. The molecular weight excluding hydrogens is 279 g/mol. The van der Waals surface area contributed by atoms with Crippen LogP contribution in [0.15, 0.2) is 30.3 Å². The van der Waals surface area contributed by atoms with Crippen molar-refractivity contribution in [2.45, 2.75) is 20.4 Å². The minimum Gasteiger partial charge on any atom is -0.492 e. The van der Waals surface area contributed by atoms with Crippen LogP contribution in [0, 0.1) is 24.4 Å². The molecule has 21 heavy (non-hydrogen) atoms. The van der Waals surface area contributed by atoms with E-state index in [1.54, 1.807) is 6.07 Å². The summed E-state index contributed by atoms with van der Waals surface area (Å²) in [7, 11) is 0. The zero-order chi connectivity index (χ0) is 15.4. The lowest BCUT2D eigenvalue weighted by Crippen LogP contribution is -2.05. The first-order chi connectivity index (χ1) is 10.0. The molecule has 0 saturated heterocycles. The van der Waals surface area contributed by atoms with Crippen LogP contribution in [0.3, 0.4) is 0 Å². The van der Waals surface area contributed by atoms with Crippen molar-refractivity contribution >= 4 is 5.69 Å². The van der Waals surface area contributed by atoms with Gasteiger partial charge in [0.2, 0.25) is 0 Å². The van der Waals surface area contributed by atoms with Gasteiger partial charge in [-0.2, -0.15) is 0 Å². The Morgan fingerprint density at radius 3 is 2.43 bits per heavy atom. The average molecular weight is 295 g/mol. The Morgan fingerprint density at radius 2 is 1.71 bits per heavy atom. The van der Waals surface area contributed by atoms with Gasteiger partial charge < -0.3 is 10.1 Å². The molecule has 2 rings (SSSR count). The topological polar surface area (TPSA) is 21.3 Å². The third kappa shape index (κ3) is 3.68. The molecule has 0 aliphatic rings. The zero-order valence-electron chi connectivity index (χ0n) is 11.8. The molecule has 2 aromatic rings. The van der Waals surface area contributed by atoms with E-state index in [4.69, 9.17) is 4.74 Å². The highest BCUT2D eigenvalue weighted by molar-refractivity contribution is 5.57. The third-order valence-electron chi connectivity index (χ3n) is 3.00. The molecule has 0 bridgehead atoms. The van der Waals surface area contributed by atoms with Crippen LogP contribution in [0.2, 0.25) is 0 Å². The smallest absolute Gasteiger partial charge is 0.161 e. The average Bonchev–Trinajstić information content (AvgIpc) is 2.43. The van der Waals surface area contributed by atoms with Gasteiger partial charge >= 0.3 is 0 Å². The van der Waals surface area contributed by atoms with Gasteiger partial charge in [0, 0.05) is 18.2 Å². The lowest BCUT2D eigenvalue weighted by Gasteiger charge is -2.13. The van der Waals surface area contributed by atoms with Gasteiger partial charge in [-0.25, -0.2) is 13.2 Å². The highest BCUT2D eigenvalue weighted by Crippen LogP contribution is 2.26. The Morgan fingerprint density at radius 1 is 1.00 bits per heavy atom. The van der Waals surface area contributed by atoms with Gasteiger partial charge in [-0.1, -0.05) is 6.07 Å². The maximum atomic E-state index is 13.6. The minimum atomic E-state index is -1.19. The van der Waals surface area contributed by atoms with E-state index in [-0.39, 0.29) is 12.1 Å². The number of hydrogen-bond acceptors (Lipinski definition) is 2. The number of aryl methyl sites for hydroxylation is 1. The third-order valence-corrected chi connectivity index (χ3v) is 3.00. The number of nitrogens with one attached hydrogen (secondary N) is 1.